The molecular formula is C19H23Cl2N3O3S. The molecule has 0 bridgehead atoms. The summed E-state index contributed by atoms with van der Waals surface area (Å²) in [5.74, 6) is 1.19. The molecule has 2 aromatic rings. The first-order valence-corrected chi connectivity index (χ1v) is 11.3. The molecule has 0 aliphatic rings. The number of nitrogens with one attached hydrogen (secondary N) is 2. The van der Waals surface area contributed by atoms with Crippen LogP contribution in [-0.2, 0) is 16.3 Å². The van der Waals surface area contributed by atoms with Gasteiger partial charge in [0, 0.05) is 19.8 Å². The van der Waals surface area contributed by atoms with E-state index < -0.39 is 9.84 Å². The summed E-state index contributed by atoms with van der Waals surface area (Å²) in [5, 5.41) is 7.20. The van der Waals surface area contributed by atoms with Crippen LogP contribution >= 0.6 is 23.2 Å². The number of rotatable bonds is 8. The Kier molecular flexibility index (Phi) is 8.41. The molecule has 2 N–H and O–H groups in total. The van der Waals surface area contributed by atoms with E-state index in [-0.39, 0.29) is 0 Å². The van der Waals surface area contributed by atoms with Gasteiger partial charge in [0.15, 0.2) is 15.8 Å². The summed E-state index contributed by atoms with van der Waals surface area (Å²) in [7, 11) is -1.48. The van der Waals surface area contributed by atoms with E-state index in [1.54, 1.807) is 37.4 Å². The van der Waals surface area contributed by atoms with Gasteiger partial charge in [0.1, 0.15) is 17.4 Å². The lowest BCUT2D eigenvalue weighted by molar-refractivity contribution is 0.322. The number of benzene rings is 2. The van der Waals surface area contributed by atoms with Crippen LogP contribution in [0.4, 0.5) is 0 Å². The maximum Gasteiger partial charge on any atom is 0.191 e. The summed E-state index contributed by atoms with van der Waals surface area (Å²) in [6, 6.07) is 12.1. The lowest BCUT2D eigenvalue weighted by Crippen LogP contribution is -2.40. The van der Waals surface area contributed by atoms with Crippen LogP contribution in [-0.4, -0.2) is 47.4 Å². The van der Waals surface area contributed by atoms with Gasteiger partial charge in [-0.15, -0.1) is 0 Å². The predicted octanol–water partition coefficient (Wildman–Crippen LogP) is 3.18. The zero-order chi connectivity index (χ0) is 20.6. The van der Waals surface area contributed by atoms with E-state index in [1.165, 1.54) is 6.26 Å². The fourth-order valence-corrected chi connectivity index (χ4v) is 3.35. The Labute approximate surface area is 175 Å². The molecule has 28 heavy (non-hydrogen) atoms. The minimum absolute atomic E-state index is 0.321. The van der Waals surface area contributed by atoms with Crippen LogP contribution in [0.3, 0.4) is 0 Å². The van der Waals surface area contributed by atoms with Gasteiger partial charge in [0.05, 0.1) is 16.5 Å². The Morgan fingerprint density at radius 1 is 1.07 bits per heavy atom. The van der Waals surface area contributed by atoms with Crippen LogP contribution in [0.15, 0.2) is 52.4 Å². The van der Waals surface area contributed by atoms with Gasteiger partial charge >= 0.3 is 0 Å². The summed E-state index contributed by atoms with van der Waals surface area (Å²) < 4.78 is 28.6. The zero-order valence-electron chi connectivity index (χ0n) is 15.7. The molecular weight excluding hydrogens is 421 g/mol. The average molecular weight is 444 g/mol. The molecule has 0 aliphatic carbocycles. The average Bonchev–Trinajstić information content (AvgIpc) is 2.66. The number of nitrogens with zero attached hydrogens (tertiary/aromatic N) is 1. The highest BCUT2D eigenvalue weighted by molar-refractivity contribution is 7.90. The maximum absolute atomic E-state index is 11.5. The predicted molar refractivity (Wildman–Crippen MR) is 115 cm³/mol. The third-order valence-corrected chi connectivity index (χ3v) is 5.78. The molecule has 0 unspecified atom stereocenters. The van der Waals surface area contributed by atoms with Gasteiger partial charge in [-0.05, 0) is 36.2 Å². The van der Waals surface area contributed by atoms with E-state index in [0.29, 0.717) is 46.3 Å². The van der Waals surface area contributed by atoms with Crippen molar-refractivity contribution in [3.05, 3.63) is 58.1 Å². The monoisotopic (exact) mass is 443 g/mol. The van der Waals surface area contributed by atoms with Gasteiger partial charge in [-0.2, -0.15) is 0 Å². The summed E-state index contributed by atoms with van der Waals surface area (Å²) in [4.78, 5) is 4.48. The first-order valence-electron chi connectivity index (χ1n) is 8.61. The van der Waals surface area contributed by atoms with Crippen molar-refractivity contribution in [2.24, 2.45) is 4.99 Å². The molecule has 0 saturated carbocycles. The first-order chi connectivity index (χ1) is 13.3. The third-order valence-electron chi connectivity index (χ3n) is 3.85. The molecule has 2 rings (SSSR count). The van der Waals surface area contributed by atoms with Gasteiger partial charge < -0.3 is 15.4 Å². The molecule has 0 heterocycles. The SMILES string of the molecule is CN=C(NCCOc1cccc(Cl)c1Cl)NCCc1ccc(S(C)(=O)=O)cc1. The van der Waals surface area contributed by atoms with Crippen molar-refractivity contribution in [3.63, 3.8) is 0 Å². The molecule has 2 aromatic carbocycles. The second-order valence-corrected chi connectivity index (χ2v) is 8.79. The third kappa shape index (κ3) is 6.89. The first kappa shape index (κ1) is 22.3. The van der Waals surface area contributed by atoms with E-state index in [9.17, 15) is 8.42 Å². The van der Waals surface area contributed by atoms with Crippen molar-refractivity contribution in [2.45, 2.75) is 11.3 Å². The minimum Gasteiger partial charge on any atom is -0.490 e. The van der Waals surface area contributed by atoms with Crippen LogP contribution in [0.2, 0.25) is 10.0 Å². The fourth-order valence-electron chi connectivity index (χ4n) is 2.38. The molecule has 0 amide bonds. The van der Waals surface area contributed by atoms with E-state index >= 15 is 0 Å². The van der Waals surface area contributed by atoms with E-state index in [0.717, 1.165) is 12.0 Å². The lowest BCUT2D eigenvalue weighted by Gasteiger charge is -2.13. The van der Waals surface area contributed by atoms with Gasteiger partial charge in [0.25, 0.3) is 0 Å². The number of guanidine groups is 1. The minimum atomic E-state index is -3.17. The molecule has 6 nitrogen and oxygen atoms in total. The number of sulfone groups is 1. The Bertz CT molecular complexity index is 917. The molecule has 9 heteroatoms. The molecule has 0 fully saturated rings. The van der Waals surface area contributed by atoms with Crippen molar-refractivity contribution in [1.29, 1.82) is 0 Å². The number of aliphatic imine (C=N–C) groups is 1. The molecule has 0 aliphatic heterocycles. The summed E-state index contributed by atoms with van der Waals surface area (Å²) in [6.45, 7) is 1.58. The van der Waals surface area contributed by atoms with Crippen molar-refractivity contribution in [3.8, 4) is 5.75 Å². The van der Waals surface area contributed by atoms with E-state index in [2.05, 4.69) is 15.6 Å². The molecule has 0 spiro atoms. The standard InChI is InChI=1S/C19H23Cl2N3O3S/c1-22-19(24-12-13-27-17-5-3-4-16(20)18(17)21)23-11-10-14-6-8-15(9-7-14)28(2,25)26/h3-9H,10-13H2,1-2H3,(H2,22,23,24). The second-order valence-electron chi connectivity index (χ2n) is 5.99. The number of halogens is 2. The Balaban J connectivity index is 1.72. The van der Waals surface area contributed by atoms with Crippen LogP contribution in [0.5, 0.6) is 5.75 Å². The van der Waals surface area contributed by atoms with Gasteiger partial charge in [-0.25, -0.2) is 8.42 Å². The highest BCUT2D eigenvalue weighted by atomic mass is 35.5. The van der Waals surface area contributed by atoms with E-state index in [4.69, 9.17) is 27.9 Å². The smallest absolute Gasteiger partial charge is 0.191 e. The molecule has 152 valence electrons. The van der Waals surface area contributed by atoms with Crippen molar-refractivity contribution in [1.82, 2.24) is 10.6 Å². The summed E-state index contributed by atoms with van der Waals surface area (Å²) in [5.41, 5.74) is 1.04. The Morgan fingerprint density at radius 3 is 2.39 bits per heavy atom. The second kappa shape index (κ2) is 10.5. The van der Waals surface area contributed by atoms with Crippen LogP contribution < -0.4 is 15.4 Å². The van der Waals surface area contributed by atoms with Crippen LogP contribution in [0.25, 0.3) is 0 Å². The highest BCUT2D eigenvalue weighted by Crippen LogP contribution is 2.31. The van der Waals surface area contributed by atoms with Gasteiger partial charge in [0.2, 0.25) is 0 Å². The number of hydrogen-bond donors (Lipinski definition) is 2. The number of ether oxygens (including phenoxy) is 1. The number of hydrogen-bond acceptors (Lipinski definition) is 4. The van der Waals surface area contributed by atoms with Crippen molar-refractivity contribution >= 4 is 39.0 Å². The van der Waals surface area contributed by atoms with Crippen molar-refractivity contribution < 1.29 is 13.2 Å². The quantitative estimate of drug-likeness (QED) is 0.372. The topological polar surface area (TPSA) is 79.8 Å². The highest BCUT2D eigenvalue weighted by Gasteiger charge is 2.07. The van der Waals surface area contributed by atoms with Gasteiger partial charge in [-0.3, -0.25) is 4.99 Å². The lowest BCUT2D eigenvalue weighted by atomic mass is 10.1. The maximum atomic E-state index is 11.5. The largest absolute Gasteiger partial charge is 0.490 e. The van der Waals surface area contributed by atoms with Crippen molar-refractivity contribution in [2.75, 3.05) is 33.0 Å². The van der Waals surface area contributed by atoms with Crippen LogP contribution in [0.1, 0.15) is 5.56 Å². The summed E-state index contributed by atoms with van der Waals surface area (Å²) >= 11 is 12.0. The molecule has 0 atom stereocenters. The Morgan fingerprint density at radius 2 is 1.75 bits per heavy atom. The van der Waals surface area contributed by atoms with E-state index in [1.807, 2.05) is 12.1 Å². The Hall–Kier alpha value is -1.96. The fraction of sp³-hybridized carbons (Fsp3) is 0.316. The summed E-state index contributed by atoms with van der Waals surface area (Å²) in [6.07, 6.45) is 1.93. The normalized spacial score (nSPS) is 11.9. The molecule has 0 radical (unpaired) electrons. The molecule has 0 saturated heterocycles. The molecule has 0 aromatic heterocycles. The van der Waals surface area contributed by atoms with Crippen LogP contribution in [0, 0.1) is 0 Å². The zero-order valence-corrected chi connectivity index (χ0v) is 18.0. The van der Waals surface area contributed by atoms with Gasteiger partial charge in [-0.1, -0.05) is 41.4 Å².